The lowest BCUT2D eigenvalue weighted by atomic mass is 10.0. The summed E-state index contributed by atoms with van der Waals surface area (Å²) in [6.45, 7) is 1.81. The normalized spacial score (nSPS) is 19.6. The van der Waals surface area contributed by atoms with Crippen molar-refractivity contribution in [2.45, 2.75) is 43.9 Å². The predicted molar refractivity (Wildman–Crippen MR) is 60.6 cm³/mol. The summed E-state index contributed by atoms with van der Waals surface area (Å²) in [4.78, 5) is 0. The van der Waals surface area contributed by atoms with Crippen LogP contribution in [-0.2, 0) is 0 Å². The van der Waals surface area contributed by atoms with Crippen LogP contribution in [0.15, 0.2) is 24.3 Å². The Morgan fingerprint density at radius 1 is 1.22 bits per heavy atom. The molecule has 0 radical (unpaired) electrons. The van der Waals surface area contributed by atoms with Crippen LogP contribution in [0.1, 0.15) is 37.8 Å². The summed E-state index contributed by atoms with van der Waals surface area (Å²) in [5, 5.41) is 2.68. The van der Waals surface area contributed by atoms with Crippen molar-refractivity contribution in [1.29, 1.82) is 0 Å². The molecule has 5 heteroatoms. The fourth-order valence-electron chi connectivity index (χ4n) is 2.08. The van der Waals surface area contributed by atoms with Crippen LogP contribution in [0.5, 0.6) is 0 Å². The van der Waals surface area contributed by atoms with Crippen LogP contribution in [-0.4, -0.2) is 11.7 Å². The highest BCUT2D eigenvalue weighted by Gasteiger charge is 2.63. The lowest BCUT2D eigenvalue weighted by Crippen LogP contribution is -2.46. The maximum Gasteiger partial charge on any atom is 0.406 e. The van der Waals surface area contributed by atoms with E-state index in [1.54, 1.807) is 0 Å². The number of hydrogen-bond acceptors (Lipinski definition) is 1. The third-order valence-electron chi connectivity index (χ3n) is 3.42. The van der Waals surface area contributed by atoms with Gasteiger partial charge in [0.1, 0.15) is 11.4 Å². The van der Waals surface area contributed by atoms with Gasteiger partial charge in [-0.25, -0.2) is 4.39 Å². The molecule has 2 rings (SSSR count). The van der Waals surface area contributed by atoms with Crippen LogP contribution in [0, 0.1) is 5.82 Å². The number of alkyl halides is 3. The van der Waals surface area contributed by atoms with Crippen LogP contribution in [0.3, 0.4) is 0 Å². The predicted octanol–water partition coefficient (Wildman–Crippen LogP) is 3.96. The van der Waals surface area contributed by atoms with Gasteiger partial charge >= 0.3 is 6.18 Å². The van der Waals surface area contributed by atoms with Gasteiger partial charge in [-0.15, -0.1) is 0 Å². The number of nitrogens with one attached hydrogen (secondary N) is 1. The summed E-state index contributed by atoms with van der Waals surface area (Å²) < 4.78 is 51.3. The van der Waals surface area contributed by atoms with E-state index in [0.29, 0.717) is 12.0 Å². The molecule has 0 bridgehead atoms. The van der Waals surface area contributed by atoms with Crippen molar-refractivity contribution in [2.75, 3.05) is 0 Å². The van der Waals surface area contributed by atoms with Gasteiger partial charge in [0.2, 0.25) is 0 Å². The van der Waals surface area contributed by atoms with Gasteiger partial charge in [-0.3, -0.25) is 5.32 Å². The van der Waals surface area contributed by atoms with E-state index in [1.807, 2.05) is 6.92 Å². The molecule has 18 heavy (non-hydrogen) atoms. The van der Waals surface area contributed by atoms with Gasteiger partial charge in [0.05, 0.1) is 0 Å². The van der Waals surface area contributed by atoms with E-state index in [0.717, 1.165) is 0 Å². The third-order valence-corrected chi connectivity index (χ3v) is 3.42. The van der Waals surface area contributed by atoms with Crippen LogP contribution in [0.4, 0.5) is 17.6 Å². The first-order chi connectivity index (χ1) is 8.38. The van der Waals surface area contributed by atoms with E-state index in [1.165, 1.54) is 24.3 Å². The summed E-state index contributed by atoms with van der Waals surface area (Å²) in [6.07, 6.45) is -3.45. The van der Waals surface area contributed by atoms with Crippen molar-refractivity contribution in [1.82, 2.24) is 5.32 Å². The van der Waals surface area contributed by atoms with E-state index in [9.17, 15) is 17.6 Å². The molecule has 1 saturated carbocycles. The Labute approximate surface area is 103 Å². The van der Waals surface area contributed by atoms with E-state index < -0.39 is 17.8 Å². The topological polar surface area (TPSA) is 12.0 Å². The monoisotopic (exact) mass is 261 g/mol. The Balaban J connectivity index is 2.13. The van der Waals surface area contributed by atoms with Crippen molar-refractivity contribution in [2.24, 2.45) is 0 Å². The van der Waals surface area contributed by atoms with E-state index in [-0.39, 0.29) is 18.7 Å². The Hall–Kier alpha value is -1.10. The molecule has 1 fully saturated rings. The molecule has 1 aromatic rings. The highest BCUT2D eigenvalue weighted by Crippen LogP contribution is 2.50. The maximum absolute atomic E-state index is 12.8. The van der Waals surface area contributed by atoms with Crippen LogP contribution in [0.2, 0.25) is 0 Å². The summed E-state index contributed by atoms with van der Waals surface area (Å²) in [7, 11) is 0. The van der Waals surface area contributed by atoms with Gasteiger partial charge in [-0.2, -0.15) is 13.2 Å². The lowest BCUT2D eigenvalue weighted by Gasteiger charge is -2.27. The highest BCUT2D eigenvalue weighted by atomic mass is 19.4. The van der Waals surface area contributed by atoms with Crippen molar-refractivity contribution in [3.05, 3.63) is 35.6 Å². The quantitative estimate of drug-likeness (QED) is 0.809. The molecule has 1 atom stereocenters. The average molecular weight is 261 g/mol. The van der Waals surface area contributed by atoms with Gasteiger partial charge in [0.15, 0.2) is 0 Å². The molecule has 1 nitrogen and oxygen atoms in total. The highest BCUT2D eigenvalue weighted by molar-refractivity contribution is 5.22. The van der Waals surface area contributed by atoms with Gasteiger partial charge in [0.25, 0.3) is 0 Å². The number of halogens is 4. The van der Waals surface area contributed by atoms with Gasteiger partial charge < -0.3 is 0 Å². The fraction of sp³-hybridized carbons (Fsp3) is 0.538. The molecule has 0 saturated heterocycles. The lowest BCUT2D eigenvalue weighted by molar-refractivity contribution is -0.168. The second-order valence-electron chi connectivity index (χ2n) is 4.74. The van der Waals surface area contributed by atoms with Crippen LogP contribution >= 0.6 is 0 Å². The molecule has 0 heterocycles. The van der Waals surface area contributed by atoms with Crippen molar-refractivity contribution >= 4 is 0 Å². The molecule has 1 unspecified atom stereocenters. The first-order valence-corrected chi connectivity index (χ1v) is 5.98. The summed E-state index contributed by atoms with van der Waals surface area (Å²) in [5.74, 6) is -0.384. The standard InChI is InChI=1S/C13H15F4N/c1-2-11(9-3-5-10(14)6-4-9)18-12(7-8-12)13(15,16)17/h3-6,11,18H,2,7-8H2,1H3. The van der Waals surface area contributed by atoms with Crippen LogP contribution in [0.25, 0.3) is 0 Å². The molecule has 0 aromatic heterocycles. The first-order valence-electron chi connectivity index (χ1n) is 5.98. The minimum atomic E-state index is -4.22. The average Bonchev–Trinajstić information content (AvgIpc) is 3.07. The van der Waals surface area contributed by atoms with E-state index >= 15 is 0 Å². The minimum absolute atomic E-state index is 0.119. The Morgan fingerprint density at radius 3 is 2.17 bits per heavy atom. The number of rotatable bonds is 4. The largest absolute Gasteiger partial charge is 0.406 e. The summed E-state index contributed by atoms with van der Waals surface area (Å²) >= 11 is 0. The molecule has 1 aromatic carbocycles. The molecular weight excluding hydrogens is 246 g/mol. The molecule has 100 valence electrons. The molecule has 0 amide bonds. The van der Waals surface area contributed by atoms with Gasteiger partial charge in [-0.1, -0.05) is 19.1 Å². The van der Waals surface area contributed by atoms with Crippen molar-refractivity contribution in [3.8, 4) is 0 Å². The van der Waals surface area contributed by atoms with Crippen molar-refractivity contribution in [3.63, 3.8) is 0 Å². The molecule has 1 aliphatic carbocycles. The van der Waals surface area contributed by atoms with E-state index in [4.69, 9.17) is 0 Å². The second kappa shape index (κ2) is 4.53. The fourth-order valence-corrected chi connectivity index (χ4v) is 2.08. The minimum Gasteiger partial charge on any atom is -0.297 e. The molecule has 1 N–H and O–H groups in total. The number of benzene rings is 1. The second-order valence-corrected chi connectivity index (χ2v) is 4.74. The summed E-state index contributed by atoms with van der Waals surface area (Å²) in [6, 6.07) is 5.21. The van der Waals surface area contributed by atoms with Gasteiger partial charge in [-0.05, 0) is 37.0 Å². The Kier molecular flexibility index (Phi) is 3.36. The molecule has 0 aliphatic heterocycles. The zero-order chi connectivity index (χ0) is 13.4. The maximum atomic E-state index is 12.8. The SMILES string of the molecule is CCC(NC1(C(F)(F)F)CC1)c1ccc(F)cc1. The Morgan fingerprint density at radius 2 is 1.78 bits per heavy atom. The smallest absolute Gasteiger partial charge is 0.297 e. The number of hydrogen-bond donors (Lipinski definition) is 1. The Bertz CT molecular complexity index is 406. The van der Waals surface area contributed by atoms with Crippen molar-refractivity contribution < 1.29 is 17.6 Å². The zero-order valence-corrected chi connectivity index (χ0v) is 10.0. The summed E-state index contributed by atoms with van der Waals surface area (Å²) in [5.41, 5.74) is -1.04. The third kappa shape index (κ3) is 2.51. The first kappa shape index (κ1) is 13.3. The molecular formula is C13H15F4N. The molecule has 1 aliphatic rings. The zero-order valence-electron chi connectivity index (χ0n) is 10.0. The van der Waals surface area contributed by atoms with Crippen LogP contribution < -0.4 is 5.32 Å². The molecule has 0 spiro atoms. The van der Waals surface area contributed by atoms with Gasteiger partial charge in [0, 0.05) is 6.04 Å². The van der Waals surface area contributed by atoms with E-state index in [2.05, 4.69) is 5.32 Å².